The molecule has 0 amide bonds. The van der Waals surface area contributed by atoms with Crippen LogP contribution in [0.1, 0.15) is 15.9 Å². The van der Waals surface area contributed by atoms with Crippen molar-refractivity contribution in [2.24, 2.45) is 0 Å². The highest BCUT2D eigenvalue weighted by Gasteiger charge is 2.17. The number of ether oxygens (including phenoxy) is 1. The Labute approximate surface area is 123 Å². The summed E-state index contributed by atoms with van der Waals surface area (Å²) in [5.74, 6) is 0.406. The maximum Gasteiger partial charge on any atom is 0.339 e. The molecule has 0 aliphatic heterocycles. The Balaban J connectivity index is 2.32. The quantitative estimate of drug-likeness (QED) is 0.627. The summed E-state index contributed by atoms with van der Waals surface area (Å²) in [7, 11) is -2.51. The molecule has 0 heterocycles. The Morgan fingerprint density at radius 1 is 1.05 bits per heavy atom. The Morgan fingerprint density at radius 3 is 2.29 bits per heavy atom. The van der Waals surface area contributed by atoms with Crippen LogP contribution in [0.15, 0.2) is 47.4 Å². The number of methoxy groups -OCH3 is 1. The van der Waals surface area contributed by atoms with Crippen LogP contribution in [0, 0.1) is 6.92 Å². The second-order valence-corrected chi connectivity index (χ2v) is 5.92. The number of carbonyl (C=O) groups is 1. The zero-order chi connectivity index (χ0) is 15.5. The molecule has 0 spiro atoms. The van der Waals surface area contributed by atoms with E-state index in [1.807, 2.05) is 6.92 Å². The predicted molar refractivity (Wildman–Crippen MR) is 77.4 cm³/mol. The Hall–Kier alpha value is -2.34. The van der Waals surface area contributed by atoms with Gasteiger partial charge < -0.3 is 8.92 Å². The van der Waals surface area contributed by atoms with Crippen LogP contribution < -0.4 is 8.92 Å². The van der Waals surface area contributed by atoms with E-state index >= 15 is 0 Å². The van der Waals surface area contributed by atoms with Gasteiger partial charge in [-0.15, -0.1) is 0 Å². The minimum atomic E-state index is -3.93. The molecule has 0 fully saturated rings. The Bertz CT molecular complexity index is 748. The lowest BCUT2D eigenvalue weighted by atomic mass is 10.2. The van der Waals surface area contributed by atoms with E-state index in [0.29, 0.717) is 12.0 Å². The number of aryl methyl sites for hydroxylation is 1. The third-order valence-corrected chi connectivity index (χ3v) is 4.11. The maximum absolute atomic E-state index is 12.1. The van der Waals surface area contributed by atoms with Gasteiger partial charge in [0, 0.05) is 0 Å². The highest BCUT2D eigenvalue weighted by atomic mass is 32.2. The van der Waals surface area contributed by atoms with Gasteiger partial charge in [-0.05, 0) is 37.3 Å². The van der Waals surface area contributed by atoms with Crippen molar-refractivity contribution >= 4 is 16.4 Å². The molecule has 0 bridgehead atoms. The Kier molecular flexibility index (Phi) is 4.28. The smallest absolute Gasteiger partial charge is 0.339 e. The largest absolute Gasteiger partial charge is 0.496 e. The second-order valence-electron chi connectivity index (χ2n) is 4.37. The van der Waals surface area contributed by atoms with E-state index in [1.165, 1.54) is 37.4 Å². The van der Waals surface area contributed by atoms with Gasteiger partial charge in [0.25, 0.3) is 0 Å². The molecular formula is C15H14O5S. The van der Waals surface area contributed by atoms with Crippen molar-refractivity contribution in [2.75, 3.05) is 7.11 Å². The van der Waals surface area contributed by atoms with Gasteiger partial charge in [0.2, 0.25) is 0 Å². The predicted octanol–water partition coefficient (Wildman–Crippen LogP) is 2.58. The first-order valence-electron chi connectivity index (χ1n) is 6.10. The van der Waals surface area contributed by atoms with E-state index < -0.39 is 10.1 Å². The first-order chi connectivity index (χ1) is 9.96. The number of aldehydes is 1. The number of hydrogen-bond donors (Lipinski definition) is 0. The molecular weight excluding hydrogens is 292 g/mol. The van der Waals surface area contributed by atoms with Crippen molar-refractivity contribution in [3.8, 4) is 11.5 Å². The molecule has 0 atom stereocenters. The fraction of sp³-hybridized carbons (Fsp3) is 0.133. The summed E-state index contributed by atoms with van der Waals surface area (Å²) in [6.45, 7) is 1.86. The summed E-state index contributed by atoms with van der Waals surface area (Å²) in [5.41, 5.74) is 1.16. The normalized spacial score (nSPS) is 11.0. The molecule has 6 heteroatoms. The fourth-order valence-corrected chi connectivity index (χ4v) is 2.66. The van der Waals surface area contributed by atoms with E-state index in [2.05, 4.69) is 0 Å². The molecule has 0 aliphatic rings. The lowest BCUT2D eigenvalue weighted by Gasteiger charge is -2.09. The lowest BCUT2D eigenvalue weighted by Crippen LogP contribution is -2.10. The molecule has 21 heavy (non-hydrogen) atoms. The molecule has 2 aromatic carbocycles. The van der Waals surface area contributed by atoms with Crippen molar-refractivity contribution in [3.05, 3.63) is 53.6 Å². The molecule has 0 aliphatic carbocycles. The summed E-state index contributed by atoms with van der Waals surface area (Å²) < 4.78 is 34.3. The van der Waals surface area contributed by atoms with Gasteiger partial charge in [0.15, 0.2) is 6.29 Å². The summed E-state index contributed by atoms with van der Waals surface area (Å²) in [5, 5.41) is 0. The number of carbonyl (C=O) groups excluding carboxylic acids is 1. The molecule has 2 rings (SSSR count). The van der Waals surface area contributed by atoms with Crippen LogP contribution >= 0.6 is 0 Å². The van der Waals surface area contributed by atoms with Gasteiger partial charge in [-0.3, -0.25) is 4.79 Å². The van der Waals surface area contributed by atoms with Crippen molar-refractivity contribution in [3.63, 3.8) is 0 Å². The lowest BCUT2D eigenvalue weighted by molar-refractivity contribution is 0.112. The summed E-state index contributed by atoms with van der Waals surface area (Å²) in [6.07, 6.45) is 0.574. The molecule has 0 aromatic heterocycles. The second kappa shape index (κ2) is 5.97. The third-order valence-electron chi connectivity index (χ3n) is 2.84. The van der Waals surface area contributed by atoms with E-state index in [4.69, 9.17) is 8.92 Å². The summed E-state index contributed by atoms with van der Waals surface area (Å²) in [4.78, 5) is 11.0. The monoisotopic (exact) mass is 306 g/mol. The summed E-state index contributed by atoms with van der Waals surface area (Å²) >= 11 is 0. The van der Waals surface area contributed by atoms with E-state index in [0.717, 1.165) is 5.56 Å². The first kappa shape index (κ1) is 15.1. The van der Waals surface area contributed by atoms with E-state index in [1.54, 1.807) is 12.1 Å². The molecule has 0 N–H and O–H groups in total. The van der Waals surface area contributed by atoms with Crippen LogP contribution in [-0.2, 0) is 10.1 Å². The van der Waals surface area contributed by atoms with Crippen molar-refractivity contribution in [1.82, 2.24) is 0 Å². The van der Waals surface area contributed by atoms with Crippen molar-refractivity contribution in [1.29, 1.82) is 0 Å². The number of benzene rings is 2. The van der Waals surface area contributed by atoms with Crippen molar-refractivity contribution < 1.29 is 22.1 Å². The van der Waals surface area contributed by atoms with Gasteiger partial charge in [-0.2, -0.15) is 8.42 Å². The Morgan fingerprint density at radius 2 is 1.71 bits per heavy atom. The highest BCUT2D eigenvalue weighted by Crippen LogP contribution is 2.25. The van der Waals surface area contributed by atoms with Gasteiger partial charge in [0.05, 0.1) is 12.7 Å². The summed E-state index contributed by atoms with van der Waals surface area (Å²) in [6, 6.07) is 10.5. The van der Waals surface area contributed by atoms with Crippen LogP contribution in [0.2, 0.25) is 0 Å². The molecule has 0 radical (unpaired) electrons. The molecule has 0 saturated heterocycles. The third kappa shape index (κ3) is 3.41. The van der Waals surface area contributed by atoms with Crippen LogP contribution in [0.3, 0.4) is 0 Å². The van der Waals surface area contributed by atoms with E-state index in [-0.39, 0.29) is 16.2 Å². The van der Waals surface area contributed by atoms with Gasteiger partial charge in [-0.25, -0.2) is 0 Å². The zero-order valence-corrected chi connectivity index (χ0v) is 12.4. The van der Waals surface area contributed by atoms with Crippen molar-refractivity contribution in [2.45, 2.75) is 11.8 Å². The fourth-order valence-electron chi connectivity index (χ4n) is 1.74. The van der Waals surface area contributed by atoms with Gasteiger partial charge >= 0.3 is 10.1 Å². The average Bonchev–Trinajstić information content (AvgIpc) is 2.47. The van der Waals surface area contributed by atoms with Crippen LogP contribution in [0.25, 0.3) is 0 Å². The van der Waals surface area contributed by atoms with Crippen LogP contribution in [-0.4, -0.2) is 21.8 Å². The highest BCUT2D eigenvalue weighted by molar-refractivity contribution is 7.87. The zero-order valence-electron chi connectivity index (χ0n) is 11.6. The standard InChI is InChI=1S/C15H14O5S/c1-11-3-6-14(7-4-11)21(17,18)20-13-5-8-15(19-2)12(9-13)10-16/h3-10H,1-2H3. The van der Waals surface area contributed by atoms with Crippen LogP contribution in [0.5, 0.6) is 11.5 Å². The first-order valence-corrected chi connectivity index (χ1v) is 7.51. The van der Waals surface area contributed by atoms with Crippen LogP contribution in [0.4, 0.5) is 0 Å². The molecule has 0 unspecified atom stereocenters. The minimum Gasteiger partial charge on any atom is -0.496 e. The number of hydrogen-bond acceptors (Lipinski definition) is 5. The molecule has 2 aromatic rings. The minimum absolute atomic E-state index is 0.0524. The van der Waals surface area contributed by atoms with Gasteiger partial charge in [0.1, 0.15) is 16.4 Å². The maximum atomic E-state index is 12.1. The molecule has 0 saturated carbocycles. The number of rotatable bonds is 5. The van der Waals surface area contributed by atoms with Gasteiger partial charge in [-0.1, -0.05) is 17.7 Å². The topological polar surface area (TPSA) is 69.7 Å². The SMILES string of the molecule is COc1ccc(OS(=O)(=O)c2ccc(C)cc2)cc1C=O. The molecule has 5 nitrogen and oxygen atoms in total. The molecule has 110 valence electrons. The average molecular weight is 306 g/mol. The van der Waals surface area contributed by atoms with E-state index in [9.17, 15) is 13.2 Å².